The van der Waals surface area contributed by atoms with Crippen molar-refractivity contribution >= 4 is 7.26 Å². The molecule has 0 aromatic heterocycles. The quantitative estimate of drug-likeness (QED) is 0.499. The predicted molar refractivity (Wildman–Crippen MR) is 48.3 cm³/mol. The van der Waals surface area contributed by atoms with Crippen molar-refractivity contribution in [1.29, 1.82) is 0 Å². The fraction of sp³-hybridized carbons (Fsp3) is 1.00. The van der Waals surface area contributed by atoms with E-state index in [1.165, 1.54) is 25.7 Å². The molecule has 0 bridgehead atoms. The first kappa shape index (κ1) is 7.54. The number of hydrogen-bond acceptors (Lipinski definition) is 0. The predicted octanol–water partition coefficient (Wildman–Crippen LogP) is 2.57. The van der Waals surface area contributed by atoms with Gasteiger partial charge in [-0.3, -0.25) is 0 Å². The second kappa shape index (κ2) is 2.58. The van der Waals surface area contributed by atoms with Gasteiger partial charge in [0.2, 0.25) is 0 Å². The van der Waals surface area contributed by atoms with Crippen molar-refractivity contribution in [3.63, 3.8) is 0 Å². The van der Waals surface area contributed by atoms with Gasteiger partial charge >= 0.3 is 58.6 Å². The summed E-state index contributed by atoms with van der Waals surface area (Å²) in [5.74, 6) is 0. The van der Waals surface area contributed by atoms with Crippen LogP contribution in [0.5, 0.6) is 0 Å². The van der Waals surface area contributed by atoms with Crippen molar-refractivity contribution < 1.29 is 0 Å². The average molecular weight is 146 g/mol. The summed E-state index contributed by atoms with van der Waals surface area (Å²) in [4.78, 5) is 0. The first-order valence-corrected chi connectivity index (χ1v) is 7.68. The van der Waals surface area contributed by atoms with Crippen LogP contribution in [0.25, 0.3) is 0 Å². The minimum absolute atomic E-state index is 0.724. The van der Waals surface area contributed by atoms with Crippen molar-refractivity contribution in [2.24, 2.45) is 0 Å². The molecule has 0 aromatic carbocycles. The first-order valence-electron chi connectivity index (χ1n) is 4.11. The summed E-state index contributed by atoms with van der Waals surface area (Å²) in [5, 5.41) is 0. The summed E-state index contributed by atoms with van der Waals surface area (Å²) in [6.45, 7) is 7.51. The zero-order chi connectivity index (χ0) is 6.91. The van der Waals surface area contributed by atoms with Gasteiger partial charge in [-0.1, -0.05) is 0 Å². The van der Waals surface area contributed by atoms with Crippen LogP contribution >= 0.6 is 7.26 Å². The maximum absolute atomic E-state index is 2.50. The Morgan fingerprint density at radius 3 is 1.67 bits per heavy atom. The van der Waals surface area contributed by atoms with Crippen molar-refractivity contribution in [2.75, 3.05) is 20.0 Å². The third kappa shape index (κ3) is 1.93. The molecule has 0 aliphatic heterocycles. The molecule has 0 atom stereocenters. The van der Waals surface area contributed by atoms with Gasteiger partial charge in [-0.2, -0.15) is 0 Å². The normalized spacial score (nSPS) is 24.8. The number of hydrogen-bond donors (Lipinski definition) is 0. The van der Waals surface area contributed by atoms with E-state index in [0.29, 0.717) is 0 Å². The Kier molecular flexibility index (Phi) is 2.16. The molecule has 0 unspecified atom stereocenters. The second-order valence-corrected chi connectivity index (χ2v) is 9.90. The zero-order valence-electron chi connectivity index (χ0n) is 6.91. The molecule has 1 aliphatic rings. The molecular weight excluding hydrogens is 127 g/mol. The van der Waals surface area contributed by atoms with Crippen molar-refractivity contribution in [2.45, 2.75) is 31.3 Å². The third-order valence-electron chi connectivity index (χ3n) is 2.58. The van der Waals surface area contributed by atoms with E-state index in [1.54, 1.807) is 0 Å². The van der Waals surface area contributed by atoms with E-state index < -0.39 is 7.26 Å². The monoisotopic (exact) mass is 146 g/mol. The Hall–Kier alpha value is 0.430. The molecule has 0 saturated heterocycles. The Morgan fingerprint density at radius 1 is 1.00 bits per heavy atom. The molecule has 1 aliphatic carbocycles. The van der Waals surface area contributed by atoms with Gasteiger partial charge in [-0.25, -0.2) is 0 Å². The molecular formula is C8H19P. The molecule has 1 rings (SSSR count). The third-order valence-corrected chi connectivity index (χ3v) is 5.61. The molecule has 56 valence electrons. The first-order chi connectivity index (χ1) is 4.11. The van der Waals surface area contributed by atoms with Gasteiger partial charge in [0.15, 0.2) is 0 Å². The molecule has 0 nitrogen and oxygen atoms in total. The van der Waals surface area contributed by atoms with Gasteiger partial charge in [0.25, 0.3) is 0 Å². The Labute approximate surface area is 59.4 Å². The van der Waals surface area contributed by atoms with Crippen LogP contribution in [0, 0.1) is 0 Å². The molecule has 9 heavy (non-hydrogen) atoms. The molecule has 1 fully saturated rings. The van der Waals surface area contributed by atoms with E-state index in [-0.39, 0.29) is 0 Å². The molecule has 0 aromatic rings. The van der Waals surface area contributed by atoms with Crippen LogP contribution in [0.1, 0.15) is 25.7 Å². The second-order valence-electron chi connectivity index (χ2n) is 4.35. The molecule has 0 radical (unpaired) electrons. The van der Waals surface area contributed by atoms with Crippen LogP contribution in [0.15, 0.2) is 0 Å². The molecule has 0 N–H and O–H groups in total. The Balaban J connectivity index is 2.42. The summed E-state index contributed by atoms with van der Waals surface area (Å²) in [6, 6.07) is 0. The van der Waals surface area contributed by atoms with E-state index in [2.05, 4.69) is 20.0 Å². The standard InChI is InChI=1S/C8H19P/c1-9(2,3)8-6-4-5-7-8/h8-9H,4-7H2,1-3H3. The summed E-state index contributed by atoms with van der Waals surface area (Å²) >= 11 is 0. The maximum atomic E-state index is 2.50. The molecule has 0 amide bonds. The van der Waals surface area contributed by atoms with E-state index in [9.17, 15) is 0 Å². The molecule has 1 saturated carbocycles. The fourth-order valence-electron chi connectivity index (χ4n) is 1.79. The Morgan fingerprint density at radius 2 is 1.44 bits per heavy atom. The molecule has 1 heteroatoms. The zero-order valence-corrected chi connectivity index (χ0v) is 7.91. The van der Waals surface area contributed by atoms with E-state index in [0.717, 1.165) is 5.66 Å². The van der Waals surface area contributed by atoms with Crippen LogP contribution in [0.2, 0.25) is 0 Å². The summed E-state index contributed by atoms with van der Waals surface area (Å²) in [6.07, 6.45) is 6.09. The van der Waals surface area contributed by atoms with E-state index in [4.69, 9.17) is 0 Å². The van der Waals surface area contributed by atoms with Crippen LogP contribution in [0.4, 0.5) is 0 Å². The minimum atomic E-state index is -0.724. The average Bonchev–Trinajstić information content (AvgIpc) is 2.08. The van der Waals surface area contributed by atoms with Crippen LogP contribution < -0.4 is 0 Å². The van der Waals surface area contributed by atoms with Gasteiger partial charge in [-0.05, 0) is 0 Å². The van der Waals surface area contributed by atoms with E-state index in [1.807, 2.05) is 0 Å². The van der Waals surface area contributed by atoms with Gasteiger partial charge in [-0.15, -0.1) is 0 Å². The van der Waals surface area contributed by atoms with E-state index >= 15 is 0 Å². The van der Waals surface area contributed by atoms with Gasteiger partial charge in [0, 0.05) is 0 Å². The van der Waals surface area contributed by atoms with Crippen molar-refractivity contribution in [1.82, 2.24) is 0 Å². The van der Waals surface area contributed by atoms with Gasteiger partial charge < -0.3 is 0 Å². The van der Waals surface area contributed by atoms with Crippen LogP contribution in [-0.2, 0) is 0 Å². The van der Waals surface area contributed by atoms with Crippen LogP contribution in [-0.4, -0.2) is 25.7 Å². The van der Waals surface area contributed by atoms with Gasteiger partial charge in [0.05, 0.1) is 0 Å². The topological polar surface area (TPSA) is 0 Å². The number of rotatable bonds is 1. The summed E-state index contributed by atoms with van der Waals surface area (Å²) in [7, 11) is -0.724. The molecule has 0 heterocycles. The van der Waals surface area contributed by atoms with Gasteiger partial charge in [0.1, 0.15) is 0 Å². The SMILES string of the molecule is C[PH](C)(C)C1CCCC1. The summed E-state index contributed by atoms with van der Waals surface area (Å²) in [5.41, 5.74) is 1.15. The van der Waals surface area contributed by atoms with Crippen molar-refractivity contribution in [3.8, 4) is 0 Å². The van der Waals surface area contributed by atoms with Crippen LogP contribution in [0.3, 0.4) is 0 Å². The Bertz CT molecular complexity index is 85.2. The molecule has 0 spiro atoms. The summed E-state index contributed by atoms with van der Waals surface area (Å²) < 4.78 is 0. The fourth-order valence-corrected chi connectivity index (χ4v) is 3.93. The van der Waals surface area contributed by atoms with Crippen molar-refractivity contribution in [3.05, 3.63) is 0 Å².